The summed E-state index contributed by atoms with van der Waals surface area (Å²) in [5.41, 5.74) is 3.52. The number of H-pyrrole nitrogens is 1. The average molecular weight is 284 g/mol. The SMILES string of the molecule is Cc1ccc(-c2cc(C(=O)NC3CCCNC3)[nH]n2)cc1. The average Bonchev–Trinajstić information content (AvgIpc) is 2.99. The van der Waals surface area contributed by atoms with Crippen LogP contribution in [0, 0.1) is 6.92 Å². The molecule has 0 bridgehead atoms. The Kier molecular flexibility index (Phi) is 4.01. The van der Waals surface area contributed by atoms with Gasteiger partial charge in [-0.3, -0.25) is 9.89 Å². The van der Waals surface area contributed by atoms with Crippen LogP contribution in [-0.2, 0) is 0 Å². The summed E-state index contributed by atoms with van der Waals surface area (Å²) in [4.78, 5) is 12.2. The molecule has 110 valence electrons. The predicted octanol–water partition coefficient (Wildman–Crippen LogP) is 1.87. The van der Waals surface area contributed by atoms with Crippen LogP contribution in [0.3, 0.4) is 0 Å². The summed E-state index contributed by atoms with van der Waals surface area (Å²) < 4.78 is 0. The van der Waals surface area contributed by atoms with Gasteiger partial charge in [-0.1, -0.05) is 29.8 Å². The van der Waals surface area contributed by atoms with Crippen LogP contribution in [0.1, 0.15) is 28.9 Å². The van der Waals surface area contributed by atoms with Crippen molar-refractivity contribution in [1.29, 1.82) is 0 Å². The Labute approximate surface area is 124 Å². The van der Waals surface area contributed by atoms with Crippen molar-refractivity contribution in [2.75, 3.05) is 13.1 Å². The standard InChI is InChI=1S/C16H20N4O/c1-11-4-6-12(7-5-11)14-9-15(20-19-14)16(21)18-13-3-2-8-17-10-13/h4-7,9,13,17H,2-3,8,10H2,1H3,(H,18,21)(H,19,20). The molecule has 1 fully saturated rings. The molecule has 0 spiro atoms. The quantitative estimate of drug-likeness (QED) is 0.806. The van der Waals surface area contributed by atoms with Gasteiger partial charge in [0.05, 0.1) is 5.69 Å². The zero-order valence-corrected chi connectivity index (χ0v) is 12.1. The van der Waals surface area contributed by atoms with Gasteiger partial charge in [0.25, 0.3) is 5.91 Å². The van der Waals surface area contributed by atoms with Crippen LogP contribution < -0.4 is 10.6 Å². The topological polar surface area (TPSA) is 69.8 Å². The van der Waals surface area contributed by atoms with Gasteiger partial charge in [0.15, 0.2) is 0 Å². The molecule has 2 aromatic rings. The van der Waals surface area contributed by atoms with Gasteiger partial charge >= 0.3 is 0 Å². The van der Waals surface area contributed by atoms with E-state index < -0.39 is 0 Å². The molecule has 2 heterocycles. The summed E-state index contributed by atoms with van der Waals surface area (Å²) in [5.74, 6) is -0.0884. The van der Waals surface area contributed by atoms with Crippen molar-refractivity contribution in [2.24, 2.45) is 0 Å². The van der Waals surface area contributed by atoms with Crippen molar-refractivity contribution >= 4 is 5.91 Å². The van der Waals surface area contributed by atoms with Crippen molar-refractivity contribution in [3.63, 3.8) is 0 Å². The van der Waals surface area contributed by atoms with Crippen LogP contribution in [0.2, 0.25) is 0 Å². The molecule has 1 atom stereocenters. The van der Waals surface area contributed by atoms with E-state index in [1.54, 1.807) is 6.07 Å². The number of nitrogens with zero attached hydrogens (tertiary/aromatic N) is 1. The van der Waals surface area contributed by atoms with E-state index in [4.69, 9.17) is 0 Å². The van der Waals surface area contributed by atoms with Crippen molar-refractivity contribution in [3.05, 3.63) is 41.6 Å². The number of piperidine rings is 1. The Bertz CT molecular complexity index is 611. The number of benzene rings is 1. The molecule has 1 aliphatic rings. The fourth-order valence-corrected chi connectivity index (χ4v) is 2.55. The molecule has 5 nitrogen and oxygen atoms in total. The molecule has 0 aliphatic carbocycles. The van der Waals surface area contributed by atoms with Gasteiger partial charge in [0, 0.05) is 18.2 Å². The van der Waals surface area contributed by atoms with Gasteiger partial charge in [-0.2, -0.15) is 5.10 Å². The molecule has 1 aliphatic heterocycles. The highest BCUT2D eigenvalue weighted by atomic mass is 16.2. The molecule has 0 radical (unpaired) electrons. The highest BCUT2D eigenvalue weighted by molar-refractivity contribution is 5.93. The van der Waals surface area contributed by atoms with Gasteiger partial charge in [-0.05, 0) is 32.4 Å². The number of amides is 1. The number of hydrogen-bond acceptors (Lipinski definition) is 3. The molecule has 1 amide bonds. The Morgan fingerprint density at radius 3 is 2.86 bits per heavy atom. The van der Waals surface area contributed by atoms with Crippen LogP contribution >= 0.6 is 0 Å². The first-order valence-electron chi connectivity index (χ1n) is 7.36. The van der Waals surface area contributed by atoms with Crippen LogP contribution in [0.4, 0.5) is 0 Å². The minimum absolute atomic E-state index is 0.0884. The van der Waals surface area contributed by atoms with Crippen molar-refractivity contribution in [3.8, 4) is 11.3 Å². The number of carbonyl (C=O) groups excluding carboxylic acids is 1. The molecule has 0 saturated carbocycles. The zero-order valence-electron chi connectivity index (χ0n) is 12.1. The molecule has 1 unspecified atom stereocenters. The Hall–Kier alpha value is -2.14. The van der Waals surface area contributed by atoms with Crippen molar-refractivity contribution in [2.45, 2.75) is 25.8 Å². The smallest absolute Gasteiger partial charge is 0.269 e. The third-order valence-corrected chi connectivity index (χ3v) is 3.80. The summed E-state index contributed by atoms with van der Waals surface area (Å²) in [5, 5.41) is 13.4. The maximum atomic E-state index is 12.2. The van der Waals surface area contributed by atoms with Gasteiger partial charge in [0.2, 0.25) is 0 Å². The van der Waals surface area contributed by atoms with Crippen molar-refractivity contribution in [1.82, 2.24) is 20.8 Å². The zero-order chi connectivity index (χ0) is 14.7. The monoisotopic (exact) mass is 284 g/mol. The highest BCUT2D eigenvalue weighted by Gasteiger charge is 2.18. The van der Waals surface area contributed by atoms with E-state index >= 15 is 0 Å². The lowest BCUT2D eigenvalue weighted by Gasteiger charge is -2.23. The third-order valence-electron chi connectivity index (χ3n) is 3.80. The molecule has 1 aromatic heterocycles. The van der Waals surface area contributed by atoms with Crippen LogP contribution in [0.5, 0.6) is 0 Å². The lowest BCUT2D eigenvalue weighted by molar-refractivity contribution is 0.0925. The molecular weight excluding hydrogens is 264 g/mol. The Morgan fingerprint density at radius 1 is 1.33 bits per heavy atom. The molecule has 1 aromatic carbocycles. The highest BCUT2D eigenvalue weighted by Crippen LogP contribution is 2.18. The van der Waals surface area contributed by atoms with Gasteiger partial charge in [-0.15, -0.1) is 0 Å². The van der Waals surface area contributed by atoms with Crippen LogP contribution in [0.25, 0.3) is 11.3 Å². The largest absolute Gasteiger partial charge is 0.347 e. The molecule has 3 N–H and O–H groups in total. The summed E-state index contributed by atoms with van der Waals surface area (Å²) >= 11 is 0. The number of rotatable bonds is 3. The second-order valence-corrected chi connectivity index (χ2v) is 5.55. The molecule has 5 heteroatoms. The number of hydrogen-bond donors (Lipinski definition) is 3. The van der Waals surface area contributed by atoms with Gasteiger partial charge in [-0.25, -0.2) is 0 Å². The molecular formula is C16H20N4O. The van der Waals surface area contributed by atoms with Crippen LogP contribution in [-0.4, -0.2) is 35.2 Å². The van der Waals surface area contributed by atoms with E-state index in [0.29, 0.717) is 5.69 Å². The van der Waals surface area contributed by atoms with E-state index in [9.17, 15) is 4.79 Å². The maximum absolute atomic E-state index is 12.2. The minimum Gasteiger partial charge on any atom is -0.347 e. The van der Waals surface area contributed by atoms with E-state index in [1.165, 1.54) is 5.56 Å². The fourth-order valence-electron chi connectivity index (χ4n) is 2.55. The number of aromatic amines is 1. The lowest BCUT2D eigenvalue weighted by Crippen LogP contribution is -2.45. The molecule has 3 rings (SSSR count). The first-order chi connectivity index (χ1) is 10.2. The van der Waals surface area contributed by atoms with Crippen molar-refractivity contribution < 1.29 is 4.79 Å². The fraction of sp³-hybridized carbons (Fsp3) is 0.375. The summed E-state index contributed by atoms with van der Waals surface area (Å²) in [6.45, 7) is 3.92. The normalized spacial score (nSPS) is 18.4. The predicted molar refractivity (Wildman–Crippen MR) is 82.1 cm³/mol. The van der Waals surface area contributed by atoms with E-state index in [0.717, 1.165) is 37.2 Å². The lowest BCUT2D eigenvalue weighted by atomic mass is 10.1. The second-order valence-electron chi connectivity index (χ2n) is 5.55. The minimum atomic E-state index is -0.0884. The first-order valence-corrected chi connectivity index (χ1v) is 7.36. The summed E-state index contributed by atoms with van der Waals surface area (Å²) in [7, 11) is 0. The van der Waals surface area contributed by atoms with Gasteiger partial charge < -0.3 is 10.6 Å². The summed E-state index contributed by atoms with van der Waals surface area (Å²) in [6, 6.07) is 10.1. The first kappa shape index (κ1) is 13.8. The van der Waals surface area contributed by atoms with E-state index in [1.807, 2.05) is 31.2 Å². The molecule has 21 heavy (non-hydrogen) atoms. The molecule has 1 saturated heterocycles. The Balaban J connectivity index is 1.69. The number of aromatic nitrogens is 2. The number of aryl methyl sites for hydroxylation is 1. The Morgan fingerprint density at radius 2 is 2.14 bits per heavy atom. The number of nitrogens with one attached hydrogen (secondary N) is 3. The van der Waals surface area contributed by atoms with E-state index in [2.05, 4.69) is 20.8 Å². The second kappa shape index (κ2) is 6.10. The summed E-state index contributed by atoms with van der Waals surface area (Å²) in [6.07, 6.45) is 2.13. The van der Waals surface area contributed by atoms with Crippen LogP contribution in [0.15, 0.2) is 30.3 Å². The maximum Gasteiger partial charge on any atom is 0.269 e. The van der Waals surface area contributed by atoms with E-state index in [-0.39, 0.29) is 11.9 Å². The number of carbonyl (C=O) groups is 1. The third kappa shape index (κ3) is 3.31. The van der Waals surface area contributed by atoms with Gasteiger partial charge in [0.1, 0.15) is 5.69 Å².